The summed E-state index contributed by atoms with van der Waals surface area (Å²) in [5.74, 6) is 0.694. The SMILES string of the molecule is N#Cc1nccnc1N1CCC[C@@H](Nc2ccccc2)C1. The van der Waals surface area contributed by atoms with Crippen LogP contribution < -0.4 is 10.2 Å². The molecule has 5 nitrogen and oxygen atoms in total. The van der Waals surface area contributed by atoms with Crippen molar-refractivity contribution in [1.82, 2.24) is 9.97 Å². The summed E-state index contributed by atoms with van der Waals surface area (Å²) < 4.78 is 0. The molecule has 3 rings (SSSR count). The first-order valence-electron chi connectivity index (χ1n) is 7.14. The van der Waals surface area contributed by atoms with Crippen LogP contribution in [-0.2, 0) is 0 Å². The Morgan fingerprint density at radius 1 is 1.19 bits per heavy atom. The zero-order valence-electron chi connectivity index (χ0n) is 11.7. The van der Waals surface area contributed by atoms with Gasteiger partial charge in [0.05, 0.1) is 0 Å². The lowest BCUT2D eigenvalue weighted by atomic mass is 10.0. The first-order chi connectivity index (χ1) is 10.4. The summed E-state index contributed by atoms with van der Waals surface area (Å²) in [5.41, 5.74) is 1.53. The quantitative estimate of drug-likeness (QED) is 0.934. The molecule has 0 spiro atoms. The third-order valence-corrected chi connectivity index (χ3v) is 3.65. The van der Waals surface area contributed by atoms with Crippen molar-refractivity contribution in [3.63, 3.8) is 0 Å². The molecule has 1 aromatic heterocycles. The number of nitriles is 1. The van der Waals surface area contributed by atoms with Gasteiger partial charge in [-0.05, 0) is 25.0 Å². The van der Waals surface area contributed by atoms with Gasteiger partial charge in [0.2, 0.25) is 0 Å². The standard InChI is InChI=1S/C16H17N5/c17-11-15-16(19-9-8-18-15)21-10-4-7-14(12-21)20-13-5-2-1-3-6-13/h1-3,5-6,8-9,14,20H,4,7,10,12H2/t14-/m1/s1. The number of aromatic nitrogens is 2. The number of nitrogens with zero attached hydrogens (tertiary/aromatic N) is 4. The third-order valence-electron chi connectivity index (χ3n) is 3.65. The fourth-order valence-corrected chi connectivity index (χ4v) is 2.70. The van der Waals surface area contributed by atoms with Crippen LogP contribution in [-0.4, -0.2) is 29.1 Å². The van der Waals surface area contributed by atoms with Gasteiger partial charge in [-0.25, -0.2) is 9.97 Å². The fourth-order valence-electron chi connectivity index (χ4n) is 2.70. The molecule has 1 atom stereocenters. The predicted molar refractivity (Wildman–Crippen MR) is 82.0 cm³/mol. The number of anilines is 2. The van der Waals surface area contributed by atoms with E-state index in [1.807, 2.05) is 18.2 Å². The van der Waals surface area contributed by atoms with Gasteiger partial charge in [-0.3, -0.25) is 0 Å². The van der Waals surface area contributed by atoms with Crippen molar-refractivity contribution in [3.8, 4) is 6.07 Å². The maximum Gasteiger partial charge on any atom is 0.183 e. The maximum absolute atomic E-state index is 9.16. The fraction of sp³-hybridized carbons (Fsp3) is 0.312. The van der Waals surface area contributed by atoms with Crippen molar-refractivity contribution in [1.29, 1.82) is 5.26 Å². The van der Waals surface area contributed by atoms with E-state index < -0.39 is 0 Å². The minimum Gasteiger partial charge on any atom is -0.381 e. The summed E-state index contributed by atoms with van der Waals surface area (Å²) in [7, 11) is 0. The summed E-state index contributed by atoms with van der Waals surface area (Å²) in [6, 6.07) is 12.7. The lowest BCUT2D eigenvalue weighted by Gasteiger charge is -2.34. The molecule has 0 bridgehead atoms. The Bertz CT molecular complexity index is 635. The minimum absolute atomic E-state index is 0.356. The van der Waals surface area contributed by atoms with E-state index in [1.165, 1.54) is 0 Å². The summed E-state index contributed by atoms with van der Waals surface area (Å²) in [6.07, 6.45) is 5.40. The molecule has 5 heteroatoms. The Labute approximate surface area is 124 Å². The van der Waals surface area contributed by atoms with Crippen molar-refractivity contribution in [3.05, 3.63) is 48.4 Å². The van der Waals surface area contributed by atoms with Crippen LogP contribution >= 0.6 is 0 Å². The van der Waals surface area contributed by atoms with Crippen molar-refractivity contribution in [2.45, 2.75) is 18.9 Å². The van der Waals surface area contributed by atoms with Gasteiger partial charge in [-0.2, -0.15) is 5.26 Å². The topological polar surface area (TPSA) is 64.8 Å². The van der Waals surface area contributed by atoms with Crippen LogP contribution in [0.15, 0.2) is 42.7 Å². The molecule has 1 aliphatic heterocycles. The highest BCUT2D eigenvalue weighted by Gasteiger charge is 2.23. The Morgan fingerprint density at radius 2 is 2.00 bits per heavy atom. The lowest BCUT2D eigenvalue weighted by molar-refractivity contribution is 0.526. The summed E-state index contributed by atoms with van der Waals surface area (Å²) in [5, 5.41) is 12.7. The van der Waals surface area contributed by atoms with Crippen molar-refractivity contribution in [2.75, 3.05) is 23.3 Å². The maximum atomic E-state index is 9.16. The molecule has 0 aliphatic carbocycles. The normalized spacial score (nSPS) is 18.0. The molecule has 1 aromatic carbocycles. The van der Waals surface area contributed by atoms with Gasteiger partial charge >= 0.3 is 0 Å². The summed E-state index contributed by atoms with van der Waals surface area (Å²) >= 11 is 0. The van der Waals surface area contributed by atoms with Gasteiger partial charge in [0, 0.05) is 37.2 Å². The third kappa shape index (κ3) is 3.11. The second kappa shape index (κ2) is 6.23. The van der Waals surface area contributed by atoms with Gasteiger partial charge in [0.25, 0.3) is 0 Å². The molecule has 21 heavy (non-hydrogen) atoms. The molecule has 106 valence electrons. The van der Waals surface area contributed by atoms with E-state index in [0.29, 0.717) is 17.6 Å². The van der Waals surface area contributed by atoms with Gasteiger partial charge < -0.3 is 10.2 Å². The van der Waals surface area contributed by atoms with E-state index in [9.17, 15) is 0 Å². The van der Waals surface area contributed by atoms with Crippen LogP contribution in [0.1, 0.15) is 18.5 Å². The Balaban J connectivity index is 1.73. The van der Waals surface area contributed by atoms with Crippen molar-refractivity contribution in [2.24, 2.45) is 0 Å². The van der Waals surface area contributed by atoms with Crippen molar-refractivity contribution < 1.29 is 0 Å². The lowest BCUT2D eigenvalue weighted by Crippen LogP contribution is -2.43. The molecule has 2 aromatic rings. The molecule has 0 radical (unpaired) electrons. The first-order valence-corrected chi connectivity index (χ1v) is 7.14. The average molecular weight is 279 g/mol. The number of piperidine rings is 1. The molecule has 0 unspecified atom stereocenters. The van der Waals surface area contributed by atoms with Gasteiger partial charge in [-0.15, -0.1) is 0 Å². The van der Waals surface area contributed by atoms with Crippen LogP contribution in [0.25, 0.3) is 0 Å². The number of hydrogen-bond acceptors (Lipinski definition) is 5. The molecule has 0 saturated carbocycles. The number of hydrogen-bond donors (Lipinski definition) is 1. The highest BCUT2D eigenvalue weighted by molar-refractivity contribution is 5.51. The number of benzene rings is 1. The Morgan fingerprint density at radius 3 is 2.81 bits per heavy atom. The molecule has 1 aliphatic rings. The van der Waals surface area contributed by atoms with E-state index in [0.717, 1.165) is 31.6 Å². The molecule has 1 fully saturated rings. The molecule has 1 N–H and O–H groups in total. The highest BCUT2D eigenvalue weighted by atomic mass is 15.2. The number of nitrogens with one attached hydrogen (secondary N) is 1. The monoisotopic (exact) mass is 279 g/mol. The number of rotatable bonds is 3. The van der Waals surface area contributed by atoms with Gasteiger partial charge in [0.15, 0.2) is 11.5 Å². The number of para-hydroxylation sites is 1. The predicted octanol–water partition coefficient (Wildman–Crippen LogP) is 2.43. The summed E-state index contributed by atoms with van der Waals surface area (Å²) in [4.78, 5) is 10.6. The average Bonchev–Trinajstić information content (AvgIpc) is 2.56. The van der Waals surface area contributed by atoms with Gasteiger partial charge in [-0.1, -0.05) is 18.2 Å². The van der Waals surface area contributed by atoms with Crippen LogP contribution in [0.5, 0.6) is 0 Å². The van der Waals surface area contributed by atoms with E-state index in [-0.39, 0.29) is 0 Å². The van der Waals surface area contributed by atoms with E-state index in [4.69, 9.17) is 5.26 Å². The second-order valence-corrected chi connectivity index (χ2v) is 5.14. The Hall–Kier alpha value is -2.61. The zero-order valence-corrected chi connectivity index (χ0v) is 11.7. The second-order valence-electron chi connectivity index (χ2n) is 5.14. The molecular weight excluding hydrogens is 262 g/mol. The molecular formula is C16H17N5. The molecule has 1 saturated heterocycles. The van der Waals surface area contributed by atoms with E-state index >= 15 is 0 Å². The van der Waals surface area contributed by atoms with Crippen LogP contribution in [0.3, 0.4) is 0 Å². The molecule has 0 amide bonds. The first kappa shape index (κ1) is 13.4. The largest absolute Gasteiger partial charge is 0.381 e. The van der Waals surface area contributed by atoms with Crippen LogP contribution in [0.2, 0.25) is 0 Å². The van der Waals surface area contributed by atoms with E-state index in [1.54, 1.807) is 12.4 Å². The highest BCUT2D eigenvalue weighted by Crippen LogP contribution is 2.21. The van der Waals surface area contributed by atoms with E-state index in [2.05, 4.69) is 38.4 Å². The minimum atomic E-state index is 0.356. The molecule has 2 heterocycles. The smallest absolute Gasteiger partial charge is 0.183 e. The van der Waals surface area contributed by atoms with Crippen LogP contribution in [0.4, 0.5) is 11.5 Å². The summed E-state index contributed by atoms with van der Waals surface area (Å²) in [6.45, 7) is 1.75. The Kier molecular flexibility index (Phi) is 3.97. The van der Waals surface area contributed by atoms with Gasteiger partial charge in [0.1, 0.15) is 6.07 Å². The van der Waals surface area contributed by atoms with Crippen molar-refractivity contribution >= 4 is 11.5 Å². The zero-order chi connectivity index (χ0) is 14.5. The van der Waals surface area contributed by atoms with Crippen LogP contribution in [0, 0.1) is 11.3 Å².